The van der Waals surface area contributed by atoms with E-state index in [1.807, 2.05) is 6.07 Å². The van der Waals surface area contributed by atoms with Crippen molar-refractivity contribution in [3.8, 4) is 0 Å². The molecule has 0 bridgehead atoms. The molecule has 1 saturated carbocycles. The van der Waals surface area contributed by atoms with Gasteiger partial charge in [0, 0.05) is 19.7 Å². The molecule has 5 heteroatoms. The Hall–Kier alpha value is -1.10. The van der Waals surface area contributed by atoms with Crippen molar-refractivity contribution in [3.63, 3.8) is 0 Å². The highest BCUT2D eigenvalue weighted by atomic mass is 35.5. The third kappa shape index (κ3) is 5.59. The molecular weight excluding hydrogens is 300 g/mol. The van der Waals surface area contributed by atoms with Crippen molar-refractivity contribution in [3.05, 3.63) is 35.9 Å². The van der Waals surface area contributed by atoms with E-state index < -0.39 is 0 Å². The molecule has 3 unspecified atom stereocenters. The molecule has 4 nitrogen and oxygen atoms in total. The van der Waals surface area contributed by atoms with Gasteiger partial charge in [0.15, 0.2) is 0 Å². The Balaban J connectivity index is 0.00000242. The van der Waals surface area contributed by atoms with Crippen LogP contribution in [0.15, 0.2) is 30.3 Å². The number of nitrogens with two attached hydrogens (primary N) is 1. The Morgan fingerprint density at radius 3 is 2.73 bits per heavy atom. The van der Waals surface area contributed by atoms with E-state index in [0.717, 1.165) is 12.8 Å². The fourth-order valence-corrected chi connectivity index (χ4v) is 3.12. The van der Waals surface area contributed by atoms with Crippen LogP contribution in [0.25, 0.3) is 0 Å². The first-order valence-electron chi connectivity index (χ1n) is 7.79. The lowest BCUT2D eigenvalue weighted by molar-refractivity contribution is -0.124. The maximum absolute atomic E-state index is 12.1. The molecule has 0 saturated heterocycles. The first kappa shape index (κ1) is 18.9. The van der Waals surface area contributed by atoms with Gasteiger partial charge in [0.25, 0.3) is 0 Å². The number of hydrogen-bond acceptors (Lipinski definition) is 3. The van der Waals surface area contributed by atoms with Crippen molar-refractivity contribution in [2.24, 2.45) is 11.7 Å². The Morgan fingerprint density at radius 2 is 2.09 bits per heavy atom. The Morgan fingerprint density at radius 1 is 1.36 bits per heavy atom. The molecule has 124 valence electrons. The normalized spacial score (nSPS) is 21.9. The number of amides is 1. The monoisotopic (exact) mass is 326 g/mol. The molecule has 0 aliphatic heterocycles. The van der Waals surface area contributed by atoms with E-state index in [0.29, 0.717) is 18.9 Å². The van der Waals surface area contributed by atoms with Crippen molar-refractivity contribution in [2.75, 3.05) is 13.7 Å². The third-order valence-corrected chi connectivity index (χ3v) is 4.36. The third-order valence-electron chi connectivity index (χ3n) is 4.36. The van der Waals surface area contributed by atoms with E-state index in [2.05, 4.69) is 29.6 Å². The topological polar surface area (TPSA) is 64.3 Å². The molecular formula is C17H27ClN2O2. The minimum Gasteiger partial charge on any atom is -0.380 e. The van der Waals surface area contributed by atoms with E-state index in [1.54, 1.807) is 7.11 Å². The average molecular weight is 327 g/mol. The van der Waals surface area contributed by atoms with Crippen LogP contribution >= 0.6 is 12.4 Å². The molecule has 3 N–H and O–H groups in total. The number of methoxy groups -OCH3 is 1. The summed E-state index contributed by atoms with van der Waals surface area (Å²) < 4.78 is 5.17. The van der Waals surface area contributed by atoms with E-state index in [-0.39, 0.29) is 30.5 Å². The predicted octanol–water partition coefficient (Wildman–Crippen LogP) is 2.30. The van der Waals surface area contributed by atoms with Crippen molar-refractivity contribution in [2.45, 2.75) is 44.2 Å². The zero-order valence-electron chi connectivity index (χ0n) is 13.2. The summed E-state index contributed by atoms with van der Waals surface area (Å²) in [4.78, 5) is 12.1. The summed E-state index contributed by atoms with van der Waals surface area (Å²) in [5, 5.41) is 3.17. The Bertz CT molecular complexity index is 438. The molecule has 0 radical (unpaired) electrons. The van der Waals surface area contributed by atoms with E-state index >= 15 is 0 Å². The largest absolute Gasteiger partial charge is 0.380 e. The zero-order chi connectivity index (χ0) is 15.1. The van der Waals surface area contributed by atoms with Crippen LogP contribution in [0.2, 0.25) is 0 Å². The van der Waals surface area contributed by atoms with Gasteiger partial charge in [0.05, 0.1) is 12.5 Å². The van der Waals surface area contributed by atoms with Crippen LogP contribution in [-0.4, -0.2) is 31.7 Å². The van der Waals surface area contributed by atoms with Gasteiger partial charge in [0.2, 0.25) is 5.91 Å². The van der Waals surface area contributed by atoms with Crippen molar-refractivity contribution in [1.29, 1.82) is 0 Å². The van der Waals surface area contributed by atoms with Gasteiger partial charge in [0.1, 0.15) is 0 Å². The fourth-order valence-electron chi connectivity index (χ4n) is 3.12. The van der Waals surface area contributed by atoms with Crippen LogP contribution in [0.4, 0.5) is 0 Å². The summed E-state index contributed by atoms with van der Waals surface area (Å²) in [7, 11) is 1.60. The van der Waals surface area contributed by atoms with Gasteiger partial charge in [-0.15, -0.1) is 12.4 Å². The second-order valence-corrected chi connectivity index (χ2v) is 5.85. The van der Waals surface area contributed by atoms with Crippen LogP contribution in [0.5, 0.6) is 0 Å². The fraction of sp³-hybridized carbons (Fsp3) is 0.588. The number of ether oxygens (including phenoxy) is 1. The van der Waals surface area contributed by atoms with Gasteiger partial charge >= 0.3 is 0 Å². The maximum Gasteiger partial charge on any atom is 0.222 e. The summed E-state index contributed by atoms with van der Waals surface area (Å²) in [6, 6.07) is 10.8. The number of carbonyl (C=O) groups excluding carboxylic acids is 1. The van der Waals surface area contributed by atoms with E-state index in [1.165, 1.54) is 18.4 Å². The lowest BCUT2D eigenvalue weighted by Crippen LogP contribution is -2.40. The first-order chi connectivity index (χ1) is 10.2. The van der Waals surface area contributed by atoms with Crippen LogP contribution in [-0.2, 0) is 16.0 Å². The molecule has 2 rings (SSSR count). The smallest absolute Gasteiger partial charge is 0.222 e. The highest BCUT2D eigenvalue weighted by molar-refractivity contribution is 5.85. The summed E-state index contributed by atoms with van der Waals surface area (Å²) in [6.45, 7) is 0.377. The molecule has 0 spiro atoms. The standard InChI is InChI=1S/C17H26N2O2.ClH/c1-21-15(12-18)11-17(20)19-16-9-5-8-14(16)10-13-6-3-2-4-7-13;/h2-4,6-7,14-16H,5,8-12,18H2,1H3,(H,19,20);1H. The Kier molecular flexibility index (Phi) is 8.46. The molecule has 1 aliphatic rings. The number of hydrogen-bond donors (Lipinski definition) is 2. The highest BCUT2D eigenvalue weighted by Crippen LogP contribution is 2.29. The van der Waals surface area contributed by atoms with Crippen LogP contribution in [0.3, 0.4) is 0 Å². The second-order valence-electron chi connectivity index (χ2n) is 5.85. The van der Waals surface area contributed by atoms with E-state index in [4.69, 9.17) is 10.5 Å². The quantitative estimate of drug-likeness (QED) is 0.808. The first-order valence-corrected chi connectivity index (χ1v) is 7.79. The summed E-state index contributed by atoms with van der Waals surface area (Å²) >= 11 is 0. The summed E-state index contributed by atoms with van der Waals surface area (Å²) in [5.74, 6) is 0.590. The number of halogens is 1. The van der Waals surface area contributed by atoms with Crippen LogP contribution in [0, 0.1) is 5.92 Å². The number of nitrogens with one attached hydrogen (secondary N) is 1. The number of benzene rings is 1. The highest BCUT2D eigenvalue weighted by Gasteiger charge is 2.29. The number of carbonyl (C=O) groups is 1. The minimum absolute atomic E-state index is 0. The molecule has 0 heterocycles. The zero-order valence-corrected chi connectivity index (χ0v) is 14.0. The minimum atomic E-state index is -0.182. The van der Waals surface area contributed by atoms with Crippen LogP contribution in [0.1, 0.15) is 31.2 Å². The summed E-state index contributed by atoms with van der Waals surface area (Å²) in [5.41, 5.74) is 6.91. The molecule has 22 heavy (non-hydrogen) atoms. The molecule has 3 atom stereocenters. The van der Waals surface area contributed by atoms with Crippen molar-refractivity contribution in [1.82, 2.24) is 5.32 Å². The number of rotatable bonds is 7. The predicted molar refractivity (Wildman–Crippen MR) is 91.1 cm³/mol. The molecule has 1 amide bonds. The van der Waals surface area contributed by atoms with Gasteiger partial charge in [-0.25, -0.2) is 0 Å². The average Bonchev–Trinajstić information content (AvgIpc) is 2.92. The van der Waals surface area contributed by atoms with Gasteiger partial charge < -0.3 is 15.8 Å². The van der Waals surface area contributed by atoms with Gasteiger partial charge in [-0.2, -0.15) is 0 Å². The molecule has 1 aromatic carbocycles. The molecule has 1 aromatic rings. The maximum atomic E-state index is 12.1. The second kappa shape index (κ2) is 9.82. The van der Waals surface area contributed by atoms with Gasteiger partial charge in [-0.3, -0.25) is 4.79 Å². The van der Waals surface area contributed by atoms with Gasteiger partial charge in [-0.1, -0.05) is 36.8 Å². The van der Waals surface area contributed by atoms with Crippen molar-refractivity contribution < 1.29 is 9.53 Å². The lowest BCUT2D eigenvalue weighted by Gasteiger charge is -2.22. The Labute approximate surface area is 139 Å². The molecule has 0 aromatic heterocycles. The van der Waals surface area contributed by atoms with E-state index in [9.17, 15) is 4.79 Å². The molecule has 1 aliphatic carbocycles. The molecule has 1 fully saturated rings. The summed E-state index contributed by atoms with van der Waals surface area (Å²) in [6.07, 6.45) is 4.65. The van der Waals surface area contributed by atoms with Crippen LogP contribution < -0.4 is 11.1 Å². The lowest BCUT2D eigenvalue weighted by atomic mass is 9.94. The SMILES string of the molecule is COC(CN)CC(=O)NC1CCCC1Cc1ccccc1.Cl. The van der Waals surface area contributed by atoms with Crippen molar-refractivity contribution >= 4 is 18.3 Å². The van der Waals surface area contributed by atoms with Gasteiger partial charge in [-0.05, 0) is 30.7 Å².